The molecule has 0 radical (unpaired) electrons. The summed E-state index contributed by atoms with van der Waals surface area (Å²) in [6.45, 7) is 1.88. The number of piperidine rings is 1. The van der Waals surface area contributed by atoms with E-state index in [4.69, 9.17) is 9.63 Å². The molecule has 0 spiro atoms. The number of halogens is 1. The molecule has 0 aliphatic carbocycles. The molecule has 6 heteroatoms. The van der Waals surface area contributed by atoms with Crippen LogP contribution in [0.15, 0.2) is 10.6 Å². The molecular weight excluding hydrogens is 220 g/mol. The van der Waals surface area contributed by atoms with Crippen LogP contribution in [0.3, 0.4) is 0 Å². The van der Waals surface area contributed by atoms with Gasteiger partial charge in [0.05, 0.1) is 5.69 Å². The third-order valence-electron chi connectivity index (χ3n) is 2.45. The number of aromatic carboxylic acids is 1. The first-order valence-electron chi connectivity index (χ1n) is 4.68. The van der Waals surface area contributed by atoms with E-state index in [9.17, 15) is 4.79 Å². The van der Waals surface area contributed by atoms with E-state index in [1.165, 1.54) is 6.07 Å². The highest BCUT2D eigenvalue weighted by Crippen LogP contribution is 2.22. The largest absolute Gasteiger partial charge is 0.475 e. The van der Waals surface area contributed by atoms with E-state index in [-0.39, 0.29) is 18.2 Å². The quantitative estimate of drug-likeness (QED) is 0.803. The lowest BCUT2D eigenvalue weighted by molar-refractivity contribution is 0.0652. The highest BCUT2D eigenvalue weighted by atomic mass is 35.5. The first-order chi connectivity index (χ1) is 6.77. The summed E-state index contributed by atoms with van der Waals surface area (Å²) < 4.78 is 4.70. The number of hydrogen-bond acceptors (Lipinski definition) is 4. The SMILES string of the molecule is Cl.O=C(O)c1cc(C2CCCNC2)no1. The number of carboxylic acids is 1. The van der Waals surface area contributed by atoms with E-state index in [1.807, 2.05) is 0 Å². The Morgan fingerprint density at radius 2 is 2.47 bits per heavy atom. The van der Waals surface area contributed by atoms with Crippen LogP contribution in [0.2, 0.25) is 0 Å². The minimum atomic E-state index is -1.06. The molecule has 1 unspecified atom stereocenters. The maximum absolute atomic E-state index is 10.5. The number of aromatic nitrogens is 1. The molecule has 1 aromatic rings. The number of nitrogens with zero attached hydrogens (tertiary/aromatic N) is 1. The third-order valence-corrected chi connectivity index (χ3v) is 2.45. The fraction of sp³-hybridized carbons (Fsp3) is 0.556. The van der Waals surface area contributed by atoms with Gasteiger partial charge >= 0.3 is 5.97 Å². The first kappa shape index (κ1) is 12.0. The molecule has 0 aromatic carbocycles. The van der Waals surface area contributed by atoms with Crippen LogP contribution < -0.4 is 5.32 Å². The third kappa shape index (κ3) is 2.70. The Labute approximate surface area is 93.2 Å². The van der Waals surface area contributed by atoms with E-state index in [0.717, 1.165) is 31.6 Å². The Bertz CT molecular complexity index is 334. The minimum absolute atomic E-state index is 0. The zero-order valence-corrected chi connectivity index (χ0v) is 8.92. The van der Waals surface area contributed by atoms with Gasteiger partial charge in [0.15, 0.2) is 0 Å². The number of carbonyl (C=O) groups is 1. The second-order valence-electron chi connectivity index (χ2n) is 3.46. The predicted molar refractivity (Wildman–Crippen MR) is 55.6 cm³/mol. The van der Waals surface area contributed by atoms with Crippen molar-refractivity contribution in [2.45, 2.75) is 18.8 Å². The van der Waals surface area contributed by atoms with Gasteiger partial charge in [0.2, 0.25) is 5.76 Å². The van der Waals surface area contributed by atoms with Crippen molar-refractivity contribution < 1.29 is 14.4 Å². The Morgan fingerprint density at radius 1 is 1.67 bits per heavy atom. The molecule has 1 aromatic heterocycles. The molecule has 1 aliphatic heterocycles. The fourth-order valence-electron chi connectivity index (χ4n) is 1.69. The van der Waals surface area contributed by atoms with Crippen molar-refractivity contribution in [1.82, 2.24) is 10.5 Å². The van der Waals surface area contributed by atoms with E-state index in [0.29, 0.717) is 5.92 Å². The van der Waals surface area contributed by atoms with Crippen molar-refractivity contribution in [3.63, 3.8) is 0 Å². The second kappa shape index (κ2) is 5.14. The Morgan fingerprint density at radius 3 is 3.00 bits per heavy atom. The molecule has 2 rings (SSSR count). The molecule has 1 fully saturated rings. The zero-order valence-electron chi connectivity index (χ0n) is 8.10. The summed E-state index contributed by atoms with van der Waals surface area (Å²) in [5.74, 6) is -0.848. The van der Waals surface area contributed by atoms with Gasteiger partial charge in [0.25, 0.3) is 0 Å². The average molecular weight is 233 g/mol. The van der Waals surface area contributed by atoms with Gasteiger partial charge in [0.1, 0.15) is 0 Å². The molecule has 84 valence electrons. The molecular formula is C9H13ClN2O3. The van der Waals surface area contributed by atoms with Gasteiger partial charge in [-0.1, -0.05) is 5.16 Å². The normalized spacial score (nSPS) is 20.7. The topological polar surface area (TPSA) is 75.4 Å². The molecule has 15 heavy (non-hydrogen) atoms. The van der Waals surface area contributed by atoms with Crippen molar-refractivity contribution in [2.24, 2.45) is 0 Å². The minimum Gasteiger partial charge on any atom is -0.475 e. The van der Waals surface area contributed by atoms with Crippen molar-refractivity contribution in [1.29, 1.82) is 0 Å². The molecule has 1 atom stereocenters. The number of carboxylic acid groups (broad SMARTS) is 1. The number of nitrogens with one attached hydrogen (secondary N) is 1. The van der Waals surface area contributed by atoms with Gasteiger partial charge in [-0.25, -0.2) is 4.79 Å². The fourth-order valence-corrected chi connectivity index (χ4v) is 1.69. The monoisotopic (exact) mass is 232 g/mol. The highest BCUT2D eigenvalue weighted by Gasteiger charge is 2.20. The predicted octanol–water partition coefficient (Wildman–Crippen LogP) is 1.26. The van der Waals surface area contributed by atoms with Crippen LogP contribution in [0, 0.1) is 0 Å². The summed E-state index contributed by atoms with van der Waals surface area (Å²) >= 11 is 0. The van der Waals surface area contributed by atoms with Crippen LogP contribution in [0.5, 0.6) is 0 Å². The molecule has 1 aliphatic rings. The van der Waals surface area contributed by atoms with Gasteiger partial charge in [-0.05, 0) is 19.4 Å². The highest BCUT2D eigenvalue weighted by molar-refractivity contribution is 5.85. The van der Waals surface area contributed by atoms with Gasteiger partial charge < -0.3 is 14.9 Å². The summed E-state index contributed by atoms with van der Waals surface area (Å²) in [6, 6.07) is 1.51. The van der Waals surface area contributed by atoms with Gasteiger partial charge in [0, 0.05) is 18.5 Å². The lowest BCUT2D eigenvalue weighted by Gasteiger charge is -2.19. The second-order valence-corrected chi connectivity index (χ2v) is 3.46. The van der Waals surface area contributed by atoms with Crippen LogP contribution in [0.4, 0.5) is 0 Å². The summed E-state index contributed by atoms with van der Waals surface area (Å²) in [7, 11) is 0. The molecule has 0 amide bonds. The van der Waals surface area contributed by atoms with Crippen molar-refractivity contribution in [3.05, 3.63) is 17.5 Å². The van der Waals surface area contributed by atoms with Gasteiger partial charge in [-0.2, -0.15) is 0 Å². The molecule has 2 N–H and O–H groups in total. The maximum atomic E-state index is 10.5. The van der Waals surface area contributed by atoms with Crippen LogP contribution in [0.25, 0.3) is 0 Å². The maximum Gasteiger partial charge on any atom is 0.374 e. The summed E-state index contributed by atoms with van der Waals surface area (Å²) in [6.07, 6.45) is 2.14. The van der Waals surface area contributed by atoms with Crippen LogP contribution in [-0.2, 0) is 0 Å². The molecule has 2 heterocycles. The number of rotatable bonds is 2. The van der Waals surface area contributed by atoms with E-state index < -0.39 is 5.97 Å². The Balaban J connectivity index is 0.00000112. The Kier molecular flexibility index (Phi) is 4.11. The molecule has 5 nitrogen and oxygen atoms in total. The van der Waals surface area contributed by atoms with Gasteiger partial charge in [-0.15, -0.1) is 12.4 Å². The molecule has 1 saturated heterocycles. The van der Waals surface area contributed by atoms with Crippen LogP contribution >= 0.6 is 12.4 Å². The van der Waals surface area contributed by atoms with E-state index >= 15 is 0 Å². The standard InChI is InChI=1S/C9H12N2O3.ClH/c12-9(13)8-4-7(11-14-8)6-2-1-3-10-5-6;/h4,6,10H,1-3,5H2,(H,12,13);1H. The number of hydrogen-bond donors (Lipinski definition) is 2. The van der Waals surface area contributed by atoms with E-state index in [2.05, 4.69) is 10.5 Å². The summed E-state index contributed by atoms with van der Waals surface area (Å²) in [5.41, 5.74) is 0.745. The lowest BCUT2D eigenvalue weighted by atomic mass is 9.96. The van der Waals surface area contributed by atoms with Gasteiger partial charge in [-0.3, -0.25) is 0 Å². The zero-order chi connectivity index (χ0) is 9.97. The lowest BCUT2D eigenvalue weighted by Crippen LogP contribution is -2.28. The van der Waals surface area contributed by atoms with Crippen LogP contribution in [-0.4, -0.2) is 29.3 Å². The van der Waals surface area contributed by atoms with Crippen LogP contribution in [0.1, 0.15) is 35.0 Å². The average Bonchev–Trinajstić information content (AvgIpc) is 2.68. The van der Waals surface area contributed by atoms with Crippen molar-refractivity contribution in [3.8, 4) is 0 Å². The molecule has 0 bridgehead atoms. The Hall–Kier alpha value is -1.07. The van der Waals surface area contributed by atoms with E-state index in [1.54, 1.807) is 0 Å². The summed E-state index contributed by atoms with van der Waals surface area (Å²) in [4.78, 5) is 10.5. The smallest absolute Gasteiger partial charge is 0.374 e. The first-order valence-corrected chi connectivity index (χ1v) is 4.68. The van der Waals surface area contributed by atoms with Crippen molar-refractivity contribution in [2.75, 3.05) is 13.1 Å². The summed E-state index contributed by atoms with van der Waals surface area (Å²) in [5, 5.41) is 15.7. The molecule has 0 saturated carbocycles. The van der Waals surface area contributed by atoms with Crippen molar-refractivity contribution >= 4 is 18.4 Å².